The van der Waals surface area contributed by atoms with Gasteiger partial charge in [-0.15, -0.1) is 11.3 Å². The molecule has 156 valence electrons. The van der Waals surface area contributed by atoms with Crippen molar-refractivity contribution in [1.82, 2.24) is 9.55 Å². The molecule has 0 unspecified atom stereocenters. The van der Waals surface area contributed by atoms with E-state index in [2.05, 4.69) is 4.98 Å². The van der Waals surface area contributed by atoms with Crippen LogP contribution in [0, 0.1) is 0 Å². The van der Waals surface area contributed by atoms with Crippen molar-refractivity contribution in [2.75, 3.05) is 19.1 Å². The maximum atomic E-state index is 13.1. The van der Waals surface area contributed by atoms with Crippen LogP contribution in [0.15, 0.2) is 69.6 Å². The lowest BCUT2D eigenvalue weighted by atomic mass is 10.1. The zero-order valence-electron chi connectivity index (χ0n) is 16.6. The molecule has 8 nitrogen and oxygen atoms in total. The van der Waals surface area contributed by atoms with Crippen LogP contribution in [0.25, 0.3) is 15.9 Å². The number of H-pyrrole nitrogens is 1. The van der Waals surface area contributed by atoms with Gasteiger partial charge in [0.25, 0.3) is 11.5 Å². The first-order valence-electron chi connectivity index (χ1n) is 9.20. The number of nitrogens with zero attached hydrogens (tertiary/aromatic N) is 2. The minimum absolute atomic E-state index is 0.0644. The van der Waals surface area contributed by atoms with E-state index in [1.54, 1.807) is 37.4 Å². The van der Waals surface area contributed by atoms with E-state index in [9.17, 15) is 19.2 Å². The van der Waals surface area contributed by atoms with Gasteiger partial charge in [-0.25, -0.2) is 14.2 Å². The number of carbonyl (C=O) groups is 2. The molecule has 1 amide bonds. The van der Waals surface area contributed by atoms with E-state index in [0.29, 0.717) is 11.3 Å². The van der Waals surface area contributed by atoms with E-state index in [0.717, 1.165) is 15.9 Å². The molecule has 0 saturated carbocycles. The molecule has 9 heteroatoms. The minimum atomic E-state index is -0.671. The largest absolute Gasteiger partial charge is 0.465 e. The number of hydrogen-bond acceptors (Lipinski definition) is 6. The molecule has 0 saturated heterocycles. The molecule has 0 aliphatic heterocycles. The highest BCUT2D eigenvalue weighted by atomic mass is 32.1. The van der Waals surface area contributed by atoms with Gasteiger partial charge >= 0.3 is 11.7 Å². The average Bonchev–Trinajstić information content (AvgIpc) is 3.22. The van der Waals surface area contributed by atoms with Crippen LogP contribution >= 0.6 is 11.3 Å². The lowest BCUT2D eigenvalue weighted by Gasteiger charge is -2.17. The molecule has 0 radical (unpaired) electrons. The molecule has 0 atom stereocenters. The van der Waals surface area contributed by atoms with E-state index in [1.807, 2.05) is 18.2 Å². The molecule has 4 aromatic rings. The van der Waals surface area contributed by atoms with Gasteiger partial charge in [-0.3, -0.25) is 14.6 Å². The molecule has 1 N–H and O–H groups in total. The lowest BCUT2D eigenvalue weighted by Crippen LogP contribution is -2.34. The van der Waals surface area contributed by atoms with Crippen molar-refractivity contribution in [2.24, 2.45) is 0 Å². The molecule has 0 aliphatic rings. The van der Waals surface area contributed by atoms with Crippen LogP contribution in [-0.2, 0) is 4.74 Å². The highest BCUT2D eigenvalue weighted by Gasteiger charge is 2.20. The van der Waals surface area contributed by atoms with E-state index in [1.165, 1.54) is 23.5 Å². The number of anilines is 1. The quantitative estimate of drug-likeness (QED) is 0.497. The number of esters is 1. The molecule has 0 aliphatic carbocycles. The molecule has 0 spiro atoms. The second-order valence-corrected chi connectivity index (χ2v) is 7.55. The van der Waals surface area contributed by atoms with E-state index >= 15 is 0 Å². The van der Waals surface area contributed by atoms with Crippen molar-refractivity contribution in [3.8, 4) is 5.69 Å². The van der Waals surface area contributed by atoms with Crippen molar-refractivity contribution >= 4 is 39.1 Å². The predicted molar refractivity (Wildman–Crippen MR) is 119 cm³/mol. The van der Waals surface area contributed by atoms with Gasteiger partial charge in [0.15, 0.2) is 0 Å². The number of methoxy groups -OCH3 is 1. The normalized spacial score (nSPS) is 10.8. The van der Waals surface area contributed by atoms with Crippen molar-refractivity contribution < 1.29 is 14.3 Å². The smallest absolute Gasteiger partial charge is 0.339 e. The highest BCUT2D eigenvalue weighted by molar-refractivity contribution is 7.17. The number of aromatic nitrogens is 2. The molecule has 31 heavy (non-hydrogen) atoms. The molecule has 0 bridgehead atoms. The number of benzene rings is 2. The summed E-state index contributed by atoms with van der Waals surface area (Å²) < 4.78 is 5.63. The lowest BCUT2D eigenvalue weighted by molar-refractivity contribution is 0.0603. The summed E-state index contributed by atoms with van der Waals surface area (Å²) in [5.41, 5.74) is -0.0432. The van der Waals surface area contributed by atoms with Gasteiger partial charge in [0.05, 0.1) is 23.7 Å². The molecular formula is C22H17N3O5S. The van der Waals surface area contributed by atoms with Crippen LogP contribution in [0.1, 0.15) is 20.7 Å². The average molecular weight is 435 g/mol. The number of carbonyl (C=O) groups excluding carboxylic acids is 2. The summed E-state index contributed by atoms with van der Waals surface area (Å²) in [4.78, 5) is 55.1. The topological polar surface area (TPSA) is 101 Å². The summed E-state index contributed by atoms with van der Waals surface area (Å²) in [6.07, 6.45) is 0. The number of amides is 1. The van der Waals surface area contributed by atoms with Crippen LogP contribution in [0.4, 0.5) is 5.69 Å². The number of ether oxygens (including phenoxy) is 1. The fourth-order valence-corrected chi connectivity index (χ4v) is 4.17. The van der Waals surface area contributed by atoms with Crippen molar-refractivity contribution in [2.45, 2.75) is 0 Å². The molecule has 2 aromatic heterocycles. The summed E-state index contributed by atoms with van der Waals surface area (Å²) in [6, 6.07) is 15.3. The van der Waals surface area contributed by atoms with Crippen LogP contribution in [0.2, 0.25) is 0 Å². The number of para-hydroxylation sites is 1. The Morgan fingerprint density at radius 2 is 1.81 bits per heavy atom. The number of nitrogens with one attached hydrogen (secondary N) is 1. The fraction of sp³-hybridized carbons (Fsp3) is 0.0909. The SMILES string of the molecule is COC(=O)c1csc2[nH]c(=O)n(-c3cccc(C(=O)N(C)c4ccccc4)c3)c(=O)c12. The number of hydrogen-bond donors (Lipinski definition) is 1. The second-order valence-electron chi connectivity index (χ2n) is 6.67. The fourth-order valence-electron chi connectivity index (χ4n) is 3.25. The summed E-state index contributed by atoms with van der Waals surface area (Å²) in [7, 11) is 2.86. The van der Waals surface area contributed by atoms with Crippen LogP contribution in [-0.4, -0.2) is 35.6 Å². The van der Waals surface area contributed by atoms with Gasteiger partial charge in [0.1, 0.15) is 4.83 Å². The van der Waals surface area contributed by atoms with E-state index in [4.69, 9.17) is 4.74 Å². The number of fused-ring (bicyclic) bond motifs is 1. The number of aromatic amines is 1. The molecule has 0 fully saturated rings. The van der Waals surface area contributed by atoms with Crippen LogP contribution in [0.5, 0.6) is 0 Å². The molecular weight excluding hydrogens is 418 g/mol. The van der Waals surface area contributed by atoms with Crippen LogP contribution < -0.4 is 16.1 Å². The Morgan fingerprint density at radius 1 is 1.06 bits per heavy atom. The Morgan fingerprint density at radius 3 is 2.52 bits per heavy atom. The van der Waals surface area contributed by atoms with Gasteiger partial charge in [0, 0.05) is 23.7 Å². The maximum absolute atomic E-state index is 13.1. The highest BCUT2D eigenvalue weighted by Crippen LogP contribution is 2.22. The summed E-state index contributed by atoms with van der Waals surface area (Å²) in [5, 5.41) is 1.53. The summed E-state index contributed by atoms with van der Waals surface area (Å²) in [5.74, 6) is -0.972. The third kappa shape index (κ3) is 3.55. The summed E-state index contributed by atoms with van der Waals surface area (Å²) in [6.45, 7) is 0. The van der Waals surface area contributed by atoms with Crippen molar-refractivity contribution in [3.05, 3.63) is 91.9 Å². The van der Waals surface area contributed by atoms with E-state index in [-0.39, 0.29) is 27.4 Å². The Kier molecular flexibility index (Phi) is 5.26. The molecule has 2 aromatic carbocycles. The van der Waals surface area contributed by atoms with Gasteiger partial charge in [-0.05, 0) is 30.3 Å². The zero-order valence-corrected chi connectivity index (χ0v) is 17.4. The Bertz CT molecular complexity index is 1420. The van der Waals surface area contributed by atoms with Gasteiger partial charge < -0.3 is 9.64 Å². The number of thiophene rings is 1. The Hall–Kier alpha value is -3.98. The standard InChI is InChI=1S/C22H17N3O5S/c1-24(14-8-4-3-5-9-14)19(26)13-7-6-10-15(11-13)25-20(27)17-16(21(28)30-2)12-31-18(17)23-22(25)29/h3-12H,1-2H3,(H,23,29). The third-order valence-corrected chi connectivity index (χ3v) is 5.73. The first-order valence-corrected chi connectivity index (χ1v) is 10.1. The summed E-state index contributed by atoms with van der Waals surface area (Å²) >= 11 is 1.07. The first-order chi connectivity index (χ1) is 14.9. The minimum Gasteiger partial charge on any atom is -0.465 e. The van der Waals surface area contributed by atoms with Gasteiger partial charge in [-0.2, -0.15) is 0 Å². The van der Waals surface area contributed by atoms with Crippen LogP contribution in [0.3, 0.4) is 0 Å². The Balaban J connectivity index is 1.83. The van der Waals surface area contributed by atoms with Crippen molar-refractivity contribution in [3.63, 3.8) is 0 Å². The second kappa shape index (κ2) is 8.04. The first kappa shape index (κ1) is 20.3. The number of rotatable bonds is 4. The molecule has 2 heterocycles. The van der Waals surface area contributed by atoms with E-state index < -0.39 is 17.2 Å². The monoisotopic (exact) mass is 435 g/mol. The van der Waals surface area contributed by atoms with Gasteiger partial charge in [0.2, 0.25) is 0 Å². The zero-order chi connectivity index (χ0) is 22.1. The Labute approximate surface area is 179 Å². The van der Waals surface area contributed by atoms with Crippen molar-refractivity contribution in [1.29, 1.82) is 0 Å². The van der Waals surface area contributed by atoms with Gasteiger partial charge in [-0.1, -0.05) is 24.3 Å². The third-order valence-electron chi connectivity index (χ3n) is 4.84. The maximum Gasteiger partial charge on any atom is 0.339 e. The molecule has 4 rings (SSSR count). The predicted octanol–water partition coefficient (Wildman–Crippen LogP) is 2.80.